The van der Waals surface area contributed by atoms with Crippen molar-refractivity contribution in [3.05, 3.63) is 28.3 Å². The third-order valence-electron chi connectivity index (χ3n) is 2.56. The zero-order valence-electron chi connectivity index (χ0n) is 8.59. The summed E-state index contributed by atoms with van der Waals surface area (Å²) in [7, 11) is 0. The number of benzene rings is 1. The first-order valence-corrected chi connectivity index (χ1v) is 5.37. The van der Waals surface area contributed by atoms with E-state index in [-0.39, 0.29) is 11.9 Å². The Morgan fingerprint density at radius 1 is 1.53 bits per heavy atom. The Balaban J connectivity index is 2.27. The molecule has 1 saturated heterocycles. The molecule has 1 aliphatic rings. The highest BCUT2D eigenvalue weighted by Crippen LogP contribution is 2.31. The molecule has 15 heavy (non-hydrogen) atoms. The van der Waals surface area contributed by atoms with E-state index in [9.17, 15) is 5.11 Å². The van der Waals surface area contributed by atoms with E-state index in [2.05, 4.69) is 5.32 Å². The Bertz CT molecular complexity index is 339. The van der Waals surface area contributed by atoms with Crippen LogP contribution < -0.4 is 5.32 Å². The second-order valence-corrected chi connectivity index (χ2v) is 4.11. The Hall–Kier alpha value is -0.770. The quantitative estimate of drug-likeness (QED) is 0.771. The summed E-state index contributed by atoms with van der Waals surface area (Å²) in [4.78, 5) is 0. The number of phenolic OH excluding ortho intramolecular Hbond substituents is 1. The van der Waals surface area contributed by atoms with Crippen molar-refractivity contribution in [2.45, 2.75) is 13.0 Å². The minimum Gasteiger partial charge on any atom is -0.506 e. The van der Waals surface area contributed by atoms with Gasteiger partial charge in [-0.15, -0.1) is 0 Å². The van der Waals surface area contributed by atoms with E-state index in [4.69, 9.17) is 16.3 Å². The number of rotatable bonds is 1. The molecule has 0 aromatic heterocycles. The van der Waals surface area contributed by atoms with Gasteiger partial charge in [0.2, 0.25) is 0 Å². The van der Waals surface area contributed by atoms with Crippen LogP contribution in [0.5, 0.6) is 5.75 Å². The van der Waals surface area contributed by atoms with E-state index in [1.807, 2.05) is 13.0 Å². The highest BCUT2D eigenvalue weighted by molar-refractivity contribution is 6.32. The van der Waals surface area contributed by atoms with Gasteiger partial charge in [-0.05, 0) is 24.1 Å². The lowest BCUT2D eigenvalue weighted by Crippen LogP contribution is -2.33. The molecule has 0 spiro atoms. The molecule has 1 unspecified atom stereocenters. The van der Waals surface area contributed by atoms with E-state index in [1.54, 1.807) is 6.07 Å². The molecule has 0 bridgehead atoms. The first-order chi connectivity index (χ1) is 7.18. The molecule has 2 rings (SSSR count). The van der Waals surface area contributed by atoms with Crippen LogP contribution in [0.15, 0.2) is 12.1 Å². The van der Waals surface area contributed by atoms with Gasteiger partial charge in [-0.25, -0.2) is 0 Å². The van der Waals surface area contributed by atoms with Gasteiger partial charge in [0.05, 0.1) is 17.7 Å². The molecule has 1 atom stereocenters. The summed E-state index contributed by atoms with van der Waals surface area (Å²) in [5, 5.41) is 13.3. The second-order valence-electron chi connectivity index (χ2n) is 3.73. The maximum atomic E-state index is 9.60. The highest BCUT2D eigenvalue weighted by atomic mass is 35.5. The van der Waals surface area contributed by atoms with Crippen LogP contribution in [0.1, 0.15) is 17.2 Å². The number of halogens is 1. The van der Waals surface area contributed by atoms with E-state index in [0.717, 1.165) is 24.2 Å². The molecule has 1 heterocycles. The van der Waals surface area contributed by atoms with Crippen molar-refractivity contribution in [3.63, 3.8) is 0 Å². The van der Waals surface area contributed by atoms with Crippen LogP contribution in [0.4, 0.5) is 0 Å². The van der Waals surface area contributed by atoms with Crippen LogP contribution in [0.3, 0.4) is 0 Å². The minimum absolute atomic E-state index is 0.0145. The molecule has 0 radical (unpaired) electrons. The van der Waals surface area contributed by atoms with E-state index in [0.29, 0.717) is 11.6 Å². The summed E-state index contributed by atoms with van der Waals surface area (Å²) in [5.74, 6) is 0.126. The summed E-state index contributed by atoms with van der Waals surface area (Å²) in [6, 6.07) is 3.63. The molecule has 0 aliphatic carbocycles. The normalized spacial score (nSPS) is 21.6. The smallest absolute Gasteiger partial charge is 0.134 e. The average Bonchev–Trinajstić information content (AvgIpc) is 2.26. The number of phenols is 1. The largest absolute Gasteiger partial charge is 0.506 e. The number of aryl methyl sites for hydroxylation is 1. The molecule has 3 nitrogen and oxygen atoms in total. The molecule has 2 N–H and O–H groups in total. The fourth-order valence-electron chi connectivity index (χ4n) is 1.74. The molecule has 1 aromatic carbocycles. The van der Waals surface area contributed by atoms with Gasteiger partial charge in [0.25, 0.3) is 0 Å². The lowest BCUT2D eigenvalue weighted by molar-refractivity contribution is 0.0275. The summed E-state index contributed by atoms with van der Waals surface area (Å²) in [6.07, 6.45) is 0.0145. The highest BCUT2D eigenvalue weighted by Gasteiger charge is 2.17. The van der Waals surface area contributed by atoms with Crippen molar-refractivity contribution in [3.8, 4) is 5.75 Å². The zero-order chi connectivity index (χ0) is 10.8. The Kier molecular flexibility index (Phi) is 3.14. The number of morpholine rings is 1. The van der Waals surface area contributed by atoms with Crippen LogP contribution in [-0.2, 0) is 4.74 Å². The van der Waals surface area contributed by atoms with Gasteiger partial charge in [-0.1, -0.05) is 17.7 Å². The van der Waals surface area contributed by atoms with E-state index in [1.165, 1.54) is 0 Å². The minimum atomic E-state index is 0.0145. The van der Waals surface area contributed by atoms with Crippen LogP contribution in [0.2, 0.25) is 5.02 Å². The second kappa shape index (κ2) is 4.39. The molecular weight excluding hydrogens is 214 g/mol. The van der Waals surface area contributed by atoms with Crippen molar-refractivity contribution < 1.29 is 9.84 Å². The van der Waals surface area contributed by atoms with Gasteiger partial charge in [-0.3, -0.25) is 0 Å². The molecule has 0 amide bonds. The van der Waals surface area contributed by atoms with E-state index >= 15 is 0 Å². The molecule has 0 saturated carbocycles. The third-order valence-corrected chi connectivity index (χ3v) is 3.05. The maximum absolute atomic E-state index is 9.60. The summed E-state index contributed by atoms with van der Waals surface area (Å²) >= 11 is 5.88. The zero-order valence-corrected chi connectivity index (χ0v) is 9.34. The SMILES string of the molecule is Cc1cc(C2CNCCO2)cc(O)c1Cl. The van der Waals surface area contributed by atoms with Gasteiger partial charge in [0.1, 0.15) is 5.75 Å². The number of aromatic hydroxyl groups is 1. The molecule has 82 valence electrons. The monoisotopic (exact) mass is 227 g/mol. The topological polar surface area (TPSA) is 41.5 Å². The lowest BCUT2D eigenvalue weighted by Gasteiger charge is -2.24. The Morgan fingerprint density at radius 3 is 2.93 bits per heavy atom. The van der Waals surface area contributed by atoms with Gasteiger partial charge >= 0.3 is 0 Å². The first-order valence-electron chi connectivity index (χ1n) is 5.00. The van der Waals surface area contributed by atoms with Gasteiger partial charge in [0.15, 0.2) is 0 Å². The molecular formula is C11H14ClNO2. The summed E-state index contributed by atoms with van der Waals surface area (Å²) in [6.45, 7) is 4.24. The molecule has 1 fully saturated rings. The Morgan fingerprint density at radius 2 is 2.33 bits per heavy atom. The first kappa shape index (κ1) is 10.7. The maximum Gasteiger partial charge on any atom is 0.134 e. The number of nitrogens with one attached hydrogen (secondary N) is 1. The lowest BCUT2D eigenvalue weighted by atomic mass is 10.0. The third kappa shape index (κ3) is 2.25. The van der Waals surface area contributed by atoms with Crippen molar-refractivity contribution in [2.75, 3.05) is 19.7 Å². The van der Waals surface area contributed by atoms with Crippen LogP contribution in [-0.4, -0.2) is 24.8 Å². The molecule has 1 aromatic rings. The molecule has 1 aliphatic heterocycles. The molecule has 4 heteroatoms. The standard InChI is InChI=1S/C11H14ClNO2/c1-7-4-8(5-9(14)11(7)12)10-6-13-2-3-15-10/h4-5,10,13-14H,2-3,6H2,1H3. The Labute approximate surface area is 94.0 Å². The predicted octanol–water partition coefficient (Wildman–Crippen LogP) is 2.01. The predicted molar refractivity (Wildman–Crippen MR) is 59.4 cm³/mol. The van der Waals surface area contributed by atoms with Crippen LogP contribution in [0.25, 0.3) is 0 Å². The number of hydrogen-bond donors (Lipinski definition) is 2. The van der Waals surface area contributed by atoms with Crippen molar-refractivity contribution in [1.82, 2.24) is 5.32 Å². The van der Waals surface area contributed by atoms with Gasteiger partial charge < -0.3 is 15.2 Å². The van der Waals surface area contributed by atoms with Gasteiger partial charge in [-0.2, -0.15) is 0 Å². The van der Waals surface area contributed by atoms with Crippen molar-refractivity contribution in [2.24, 2.45) is 0 Å². The number of ether oxygens (including phenoxy) is 1. The summed E-state index contributed by atoms with van der Waals surface area (Å²) < 4.78 is 5.60. The fraction of sp³-hybridized carbons (Fsp3) is 0.455. The van der Waals surface area contributed by atoms with Gasteiger partial charge in [0, 0.05) is 13.1 Å². The van der Waals surface area contributed by atoms with E-state index < -0.39 is 0 Å². The average molecular weight is 228 g/mol. The van der Waals surface area contributed by atoms with Crippen molar-refractivity contribution >= 4 is 11.6 Å². The van der Waals surface area contributed by atoms with Crippen LogP contribution in [0, 0.1) is 6.92 Å². The fourth-order valence-corrected chi connectivity index (χ4v) is 1.85. The summed E-state index contributed by atoms with van der Waals surface area (Å²) in [5.41, 5.74) is 1.85. The number of hydrogen-bond acceptors (Lipinski definition) is 3. The van der Waals surface area contributed by atoms with Crippen LogP contribution >= 0.6 is 11.6 Å². The van der Waals surface area contributed by atoms with Crippen molar-refractivity contribution in [1.29, 1.82) is 0 Å².